The van der Waals surface area contributed by atoms with Crippen molar-refractivity contribution < 1.29 is 4.74 Å². The molecule has 2 rings (SSSR count). The van der Waals surface area contributed by atoms with Gasteiger partial charge in [0.1, 0.15) is 5.75 Å². The van der Waals surface area contributed by atoms with E-state index in [4.69, 9.17) is 27.8 Å². The molecule has 0 bridgehead atoms. The Hall–Kier alpha value is -0.770. The van der Waals surface area contributed by atoms with Crippen molar-refractivity contribution in [2.24, 2.45) is 16.9 Å². The average Bonchev–Trinajstić information content (AvgIpc) is 2.31. The Labute approximate surface area is 113 Å². The summed E-state index contributed by atoms with van der Waals surface area (Å²) in [5.74, 6) is 0.809. The molecule has 0 saturated heterocycles. The molecule has 4 heteroatoms. The fourth-order valence-corrected chi connectivity index (χ4v) is 2.87. The second-order valence-corrected chi connectivity index (χ2v) is 5.65. The fraction of sp³-hybridized carbons (Fsp3) is 0.571. The van der Waals surface area contributed by atoms with Gasteiger partial charge in [0.25, 0.3) is 0 Å². The third-order valence-corrected chi connectivity index (χ3v) is 4.67. The monoisotopic (exact) mass is 268 g/mol. The highest BCUT2D eigenvalue weighted by Gasteiger charge is 2.42. The Morgan fingerprint density at radius 1 is 1.44 bits per heavy atom. The van der Waals surface area contributed by atoms with Gasteiger partial charge in [-0.1, -0.05) is 18.0 Å². The van der Waals surface area contributed by atoms with Crippen LogP contribution in [0.5, 0.6) is 5.75 Å². The van der Waals surface area contributed by atoms with Crippen molar-refractivity contribution in [2.45, 2.75) is 32.2 Å². The van der Waals surface area contributed by atoms with E-state index >= 15 is 0 Å². The Balaban J connectivity index is 2.40. The summed E-state index contributed by atoms with van der Waals surface area (Å²) in [7, 11) is 1.66. The van der Waals surface area contributed by atoms with Crippen LogP contribution < -0.4 is 16.2 Å². The van der Waals surface area contributed by atoms with Gasteiger partial charge in [-0.05, 0) is 44.0 Å². The zero-order valence-electron chi connectivity index (χ0n) is 11.0. The normalized spacial score (nSPS) is 19.2. The third kappa shape index (κ3) is 2.11. The molecule has 1 aliphatic carbocycles. The Morgan fingerprint density at radius 2 is 2.11 bits per heavy atom. The van der Waals surface area contributed by atoms with Gasteiger partial charge in [-0.25, -0.2) is 0 Å². The third-order valence-electron chi connectivity index (χ3n) is 4.26. The van der Waals surface area contributed by atoms with Crippen LogP contribution in [0.4, 0.5) is 0 Å². The molecule has 1 saturated carbocycles. The van der Waals surface area contributed by atoms with Gasteiger partial charge in [0.2, 0.25) is 0 Å². The topological polar surface area (TPSA) is 61.3 Å². The lowest BCUT2D eigenvalue weighted by Gasteiger charge is -2.46. The summed E-state index contributed by atoms with van der Waals surface area (Å²) in [6.07, 6.45) is 3.37. The predicted octanol–water partition coefficient (Wildman–Crippen LogP) is 2.79. The molecular formula is C14H21ClN2O. The van der Waals surface area contributed by atoms with Gasteiger partial charge in [-0.2, -0.15) is 0 Å². The number of nitrogens with two attached hydrogens (primary N) is 2. The Kier molecular flexibility index (Phi) is 3.85. The van der Waals surface area contributed by atoms with Gasteiger partial charge in [-0.3, -0.25) is 0 Å². The van der Waals surface area contributed by atoms with E-state index < -0.39 is 0 Å². The van der Waals surface area contributed by atoms with Gasteiger partial charge in [-0.15, -0.1) is 0 Å². The zero-order valence-corrected chi connectivity index (χ0v) is 11.8. The second kappa shape index (κ2) is 5.08. The molecule has 1 atom stereocenters. The number of hydrogen-bond donors (Lipinski definition) is 2. The molecule has 1 aromatic carbocycles. The lowest BCUT2D eigenvalue weighted by molar-refractivity contribution is 0.103. The number of methoxy groups -OCH3 is 1. The molecule has 18 heavy (non-hydrogen) atoms. The van der Waals surface area contributed by atoms with Crippen LogP contribution in [0.2, 0.25) is 5.02 Å². The highest BCUT2D eigenvalue weighted by Crippen LogP contribution is 2.50. The smallest absolute Gasteiger partial charge is 0.124 e. The van der Waals surface area contributed by atoms with E-state index in [9.17, 15) is 0 Å². The SMILES string of the molecule is COc1cc(C)c(Cl)cc1C(N)C1(CN)CCC1. The highest BCUT2D eigenvalue weighted by molar-refractivity contribution is 6.31. The van der Waals surface area contributed by atoms with Crippen molar-refractivity contribution in [3.05, 3.63) is 28.3 Å². The maximum atomic E-state index is 6.42. The van der Waals surface area contributed by atoms with Crippen molar-refractivity contribution in [1.29, 1.82) is 0 Å². The summed E-state index contributed by atoms with van der Waals surface area (Å²) in [6.45, 7) is 2.57. The van der Waals surface area contributed by atoms with Crippen LogP contribution >= 0.6 is 11.6 Å². The maximum Gasteiger partial charge on any atom is 0.124 e. The van der Waals surface area contributed by atoms with Gasteiger partial charge < -0.3 is 16.2 Å². The molecule has 100 valence electrons. The largest absolute Gasteiger partial charge is 0.496 e. The first-order valence-electron chi connectivity index (χ1n) is 6.34. The van der Waals surface area contributed by atoms with E-state index in [0.717, 1.165) is 34.7 Å². The summed E-state index contributed by atoms with van der Waals surface area (Å²) in [5, 5.41) is 0.729. The molecular weight excluding hydrogens is 248 g/mol. The number of hydrogen-bond acceptors (Lipinski definition) is 3. The lowest BCUT2D eigenvalue weighted by atomic mass is 9.62. The minimum absolute atomic E-state index is 0.0197. The summed E-state index contributed by atoms with van der Waals surface area (Å²) >= 11 is 6.20. The summed E-state index contributed by atoms with van der Waals surface area (Å²) in [5.41, 5.74) is 14.3. The van der Waals surface area contributed by atoms with Crippen molar-refractivity contribution in [3.63, 3.8) is 0 Å². The molecule has 4 N–H and O–H groups in total. The second-order valence-electron chi connectivity index (χ2n) is 5.24. The Morgan fingerprint density at radius 3 is 2.56 bits per heavy atom. The molecule has 0 spiro atoms. The predicted molar refractivity (Wildman–Crippen MR) is 75.0 cm³/mol. The molecule has 0 radical (unpaired) electrons. The van der Waals surface area contributed by atoms with Crippen molar-refractivity contribution in [1.82, 2.24) is 0 Å². The highest BCUT2D eigenvalue weighted by atomic mass is 35.5. The van der Waals surface area contributed by atoms with Gasteiger partial charge in [0.15, 0.2) is 0 Å². The molecule has 1 fully saturated rings. The van der Waals surface area contributed by atoms with Crippen LogP contribution in [0, 0.1) is 12.3 Å². The number of ether oxygens (including phenoxy) is 1. The molecule has 1 aliphatic rings. The van der Waals surface area contributed by atoms with E-state index in [-0.39, 0.29) is 11.5 Å². The minimum atomic E-state index is -0.107. The van der Waals surface area contributed by atoms with Gasteiger partial charge >= 0.3 is 0 Å². The molecule has 0 aromatic heterocycles. The first kappa shape index (κ1) is 13.7. The summed E-state index contributed by atoms with van der Waals surface area (Å²) in [4.78, 5) is 0. The van der Waals surface area contributed by atoms with Crippen molar-refractivity contribution in [3.8, 4) is 5.75 Å². The number of aryl methyl sites for hydroxylation is 1. The maximum absolute atomic E-state index is 6.42. The van der Waals surface area contributed by atoms with E-state index in [1.54, 1.807) is 7.11 Å². The number of rotatable bonds is 4. The summed E-state index contributed by atoms with van der Waals surface area (Å²) < 4.78 is 5.43. The first-order chi connectivity index (χ1) is 8.54. The number of benzene rings is 1. The van der Waals surface area contributed by atoms with Crippen LogP contribution in [-0.4, -0.2) is 13.7 Å². The minimum Gasteiger partial charge on any atom is -0.496 e. The average molecular weight is 269 g/mol. The van der Waals surface area contributed by atoms with Gasteiger partial charge in [0.05, 0.1) is 7.11 Å². The van der Waals surface area contributed by atoms with E-state index in [1.165, 1.54) is 6.42 Å². The molecule has 0 amide bonds. The lowest BCUT2D eigenvalue weighted by Crippen LogP contribution is -2.46. The van der Waals surface area contributed by atoms with E-state index in [1.807, 2.05) is 19.1 Å². The van der Waals surface area contributed by atoms with Crippen LogP contribution in [0.1, 0.15) is 36.4 Å². The molecule has 1 aromatic rings. The van der Waals surface area contributed by atoms with Crippen LogP contribution in [-0.2, 0) is 0 Å². The van der Waals surface area contributed by atoms with Gasteiger partial charge in [0, 0.05) is 22.0 Å². The van der Waals surface area contributed by atoms with Crippen molar-refractivity contribution >= 4 is 11.6 Å². The first-order valence-corrected chi connectivity index (χ1v) is 6.71. The molecule has 3 nitrogen and oxygen atoms in total. The van der Waals surface area contributed by atoms with Crippen molar-refractivity contribution in [2.75, 3.05) is 13.7 Å². The van der Waals surface area contributed by atoms with E-state index in [2.05, 4.69) is 0 Å². The Bertz CT molecular complexity index is 438. The molecule has 1 unspecified atom stereocenters. The summed E-state index contributed by atoms with van der Waals surface area (Å²) in [6, 6.07) is 3.76. The fourth-order valence-electron chi connectivity index (χ4n) is 2.69. The molecule has 0 aliphatic heterocycles. The zero-order chi connectivity index (χ0) is 13.3. The van der Waals surface area contributed by atoms with Crippen LogP contribution in [0.15, 0.2) is 12.1 Å². The molecule has 0 heterocycles. The number of halogens is 1. The standard InChI is InChI=1S/C14H21ClN2O/c1-9-6-12(18-2)10(7-11(9)15)13(17)14(8-16)4-3-5-14/h6-7,13H,3-5,8,16-17H2,1-2H3. The van der Waals surface area contributed by atoms with Crippen LogP contribution in [0.3, 0.4) is 0 Å². The quantitative estimate of drug-likeness (QED) is 0.883. The van der Waals surface area contributed by atoms with E-state index in [0.29, 0.717) is 6.54 Å². The van der Waals surface area contributed by atoms with Crippen LogP contribution in [0.25, 0.3) is 0 Å².